The lowest BCUT2D eigenvalue weighted by Gasteiger charge is -2.05. The molecule has 6 nitrogen and oxygen atoms in total. The third kappa shape index (κ3) is 3.57. The van der Waals surface area contributed by atoms with E-state index in [1.54, 1.807) is 24.3 Å². The predicted molar refractivity (Wildman–Crippen MR) is 85.3 cm³/mol. The van der Waals surface area contributed by atoms with E-state index in [9.17, 15) is 9.18 Å². The number of ether oxygens (including phenoxy) is 1. The van der Waals surface area contributed by atoms with E-state index >= 15 is 0 Å². The van der Waals surface area contributed by atoms with Gasteiger partial charge in [0.15, 0.2) is 0 Å². The molecule has 0 fully saturated rings. The summed E-state index contributed by atoms with van der Waals surface area (Å²) in [5.41, 5.74) is 1.11. The minimum absolute atomic E-state index is 0.145. The lowest BCUT2D eigenvalue weighted by Crippen LogP contribution is -2.12. The quantitative estimate of drug-likeness (QED) is 0.776. The second-order valence-electron chi connectivity index (χ2n) is 4.83. The maximum absolute atomic E-state index is 12.9. The molecule has 0 unspecified atom stereocenters. The Bertz CT molecular complexity index is 829. The number of aromatic nitrogens is 2. The van der Waals surface area contributed by atoms with Crippen LogP contribution in [0.25, 0.3) is 11.5 Å². The van der Waals surface area contributed by atoms with E-state index < -0.39 is 5.91 Å². The average molecular weight is 327 g/mol. The summed E-state index contributed by atoms with van der Waals surface area (Å²) in [7, 11) is 0. The first-order valence-corrected chi connectivity index (χ1v) is 7.29. The third-order valence-corrected chi connectivity index (χ3v) is 3.13. The summed E-state index contributed by atoms with van der Waals surface area (Å²) in [6, 6.07) is 12.5. The van der Waals surface area contributed by atoms with E-state index in [1.165, 1.54) is 24.3 Å². The molecule has 0 saturated heterocycles. The SMILES string of the molecule is CCOc1ccc(NC(=O)c2nnc(-c3ccc(F)cc3)o2)cc1. The van der Waals surface area contributed by atoms with Crippen LogP contribution in [0.2, 0.25) is 0 Å². The number of anilines is 1. The molecule has 0 bridgehead atoms. The highest BCUT2D eigenvalue weighted by molar-refractivity contribution is 6.00. The highest BCUT2D eigenvalue weighted by Gasteiger charge is 2.16. The smallest absolute Gasteiger partial charge is 0.313 e. The molecular weight excluding hydrogens is 313 g/mol. The number of hydrogen-bond acceptors (Lipinski definition) is 5. The van der Waals surface area contributed by atoms with Crippen molar-refractivity contribution in [2.75, 3.05) is 11.9 Å². The molecule has 7 heteroatoms. The first-order chi connectivity index (χ1) is 11.7. The first-order valence-electron chi connectivity index (χ1n) is 7.29. The van der Waals surface area contributed by atoms with Gasteiger partial charge < -0.3 is 14.5 Å². The van der Waals surface area contributed by atoms with E-state index in [2.05, 4.69) is 15.5 Å². The van der Waals surface area contributed by atoms with Crippen LogP contribution in [0.4, 0.5) is 10.1 Å². The summed E-state index contributed by atoms with van der Waals surface area (Å²) in [6.45, 7) is 2.46. The molecule has 0 aliphatic rings. The van der Waals surface area contributed by atoms with Crippen LogP contribution in [0.5, 0.6) is 5.75 Å². The van der Waals surface area contributed by atoms with E-state index in [-0.39, 0.29) is 17.6 Å². The zero-order valence-electron chi connectivity index (χ0n) is 12.8. The lowest BCUT2D eigenvalue weighted by atomic mass is 10.2. The van der Waals surface area contributed by atoms with Crippen LogP contribution in [-0.2, 0) is 0 Å². The average Bonchev–Trinajstić information content (AvgIpc) is 3.08. The van der Waals surface area contributed by atoms with Crippen molar-refractivity contribution in [1.82, 2.24) is 10.2 Å². The molecule has 2 aromatic carbocycles. The van der Waals surface area contributed by atoms with Crippen LogP contribution in [-0.4, -0.2) is 22.7 Å². The molecule has 0 radical (unpaired) electrons. The van der Waals surface area contributed by atoms with Gasteiger partial charge in [0.05, 0.1) is 6.61 Å². The summed E-state index contributed by atoms with van der Waals surface area (Å²) < 4.78 is 23.6. The van der Waals surface area contributed by atoms with Crippen molar-refractivity contribution < 1.29 is 18.3 Å². The first kappa shape index (κ1) is 15.7. The molecule has 24 heavy (non-hydrogen) atoms. The van der Waals surface area contributed by atoms with Crippen molar-refractivity contribution >= 4 is 11.6 Å². The van der Waals surface area contributed by atoms with Crippen molar-refractivity contribution in [1.29, 1.82) is 0 Å². The Morgan fingerprint density at radius 2 is 1.83 bits per heavy atom. The van der Waals surface area contributed by atoms with Crippen LogP contribution >= 0.6 is 0 Å². The van der Waals surface area contributed by atoms with Crippen LogP contribution < -0.4 is 10.1 Å². The summed E-state index contributed by atoms with van der Waals surface area (Å²) >= 11 is 0. The van der Waals surface area contributed by atoms with E-state index in [1.807, 2.05) is 6.92 Å². The van der Waals surface area contributed by atoms with Gasteiger partial charge >= 0.3 is 11.8 Å². The number of amides is 1. The minimum atomic E-state index is -0.528. The second kappa shape index (κ2) is 6.91. The molecule has 1 N–H and O–H groups in total. The zero-order valence-corrected chi connectivity index (χ0v) is 12.8. The van der Waals surface area contributed by atoms with Gasteiger partial charge in [-0.2, -0.15) is 0 Å². The largest absolute Gasteiger partial charge is 0.494 e. The number of benzene rings is 2. The molecular formula is C17H14FN3O3. The van der Waals surface area contributed by atoms with Gasteiger partial charge in [-0.3, -0.25) is 4.79 Å². The van der Waals surface area contributed by atoms with Gasteiger partial charge in [-0.1, -0.05) is 0 Å². The van der Waals surface area contributed by atoms with Crippen molar-refractivity contribution in [2.45, 2.75) is 6.92 Å². The Morgan fingerprint density at radius 3 is 2.50 bits per heavy atom. The molecule has 0 spiro atoms. The minimum Gasteiger partial charge on any atom is -0.494 e. The van der Waals surface area contributed by atoms with Gasteiger partial charge in [0.1, 0.15) is 11.6 Å². The lowest BCUT2D eigenvalue weighted by molar-refractivity contribution is 0.0991. The van der Waals surface area contributed by atoms with E-state index in [4.69, 9.17) is 9.15 Å². The van der Waals surface area contributed by atoms with Gasteiger partial charge in [0.2, 0.25) is 5.89 Å². The molecule has 1 aromatic heterocycles. The second-order valence-corrected chi connectivity index (χ2v) is 4.83. The van der Waals surface area contributed by atoms with Crippen LogP contribution in [0.15, 0.2) is 52.9 Å². The number of nitrogens with zero attached hydrogens (tertiary/aromatic N) is 2. The third-order valence-electron chi connectivity index (χ3n) is 3.13. The standard InChI is InChI=1S/C17H14FN3O3/c1-2-23-14-9-7-13(8-10-14)19-15(22)17-21-20-16(24-17)11-3-5-12(18)6-4-11/h3-10H,2H2,1H3,(H,19,22). The van der Waals surface area contributed by atoms with Crippen molar-refractivity contribution in [2.24, 2.45) is 0 Å². The molecule has 0 atom stereocenters. The van der Waals surface area contributed by atoms with Gasteiger partial charge in [-0.25, -0.2) is 4.39 Å². The van der Waals surface area contributed by atoms with Gasteiger partial charge in [0.25, 0.3) is 0 Å². The number of hydrogen-bond donors (Lipinski definition) is 1. The van der Waals surface area contributed by atoms with Crippen LogP contribution in [0.3, 0.4) is 0 Å². The number of nitrogens with one attached hydrogen (secondary N) is 1. The van der Waals surface area contributed by atoms with Gasteiger partial charge in [-0.05, 0) is 55.5 Å². The maximum atomic E-state index is 12.9. The fourth-order valence-corrected chi connectivity index (χ4v) is 2.01. The van der Waals surface area contributed by atoms with E-state index in [0.29, 0.717) is 23.6 Å². The number of rotatable bonds is 5. The number of carbonyl (C=O) groups excluding carboxylic acids is 1. The van der Waals surface area contributed by atoms with Crippen molar-refractivity contribution in [3.05, 3.63) is 60.2 Å². The topological polar surface area (TPSA) is 77.2 Å². The summed E-state index contributed by atoms with van der Waals surface area (Å²) in [5.74, 6) is -0.214. The molecule has 122 valence electrons. The Kier molecular flexibility index (Phi) is 4.51. The number of carbonyl (C=O) groups is 1. The summed E-state index contributed by atoms with van der Waals surface area (Å²) in [5, 5.41) is 10.2. The summed E-state index contributed by atoms with van der Waals surface area (Å²) in [6.07, 6.45) is 0. The molecule has 1 heterocycles. The van der Waals surface area contributed by atoms with Crippen LogP contribution in [0, 0.1) is 5.82 Å². The number of halogens is 1. The Morgan fingerprint density at radius 1 is 1.12 bits per heavy atom. The highest BCUT2D eigenvalue weighted by atomic mass is 19.1. The summed E-state index contributed by atoms with van der Waals surface area (Å²) in [4.78, 5) is 12.1. The van der Waals surface area contributed by atoms with Gasteiger partial charge in [-0.15, -0.1) is 10.2 Å². The zero-order chi connectivity index (χ0) is 16.9. The Hall–Kier alpha value is -3.22. The molecule has 3 aromatic rings. The maximum Gasteiger partial charge on any atom is 0.313 e. The van der Waals surface area contributed by atoms with Crippen LogP contribution in [0.1, 0.15) is 17.6 Å². The monoisotopic (exact) mass is 327 g/mol. The molecule has 0 saturated carbocycles. The fraction of sp³-hybridized carbons (Fsp3) is 0.118. The fourth-order valence-electron chi connectivity index (χ4n) is 2.01. The molecule has 3 rings (SSSR count). The molecule has 0 aliphatic heterocycles. The normalized spacial score (nSPS) is 10.4. The Labute approximate surface area is 137 Å². The molecule has 1 amide bonds. The van der Waals surface area contributed by atoms with Gasteiger partial charge in [0, 0.05) is 11.3 Å². The predicted octanol–water partition coefficient (Wildman–Crippen LogP) is 3.53. The molecule has 0 aliphatic carbocycles. The van der Waals surface area contributed by atoms with Crippen molar-refractivity contribution in [3.8, 4) is 17.2 Å². The van der Waals surface area contributed by atoms with Crippen molar-refractivity contribution in [3.63, 3.8) is 0 Å². The van der Waals surface area contributed by atoms with E-state index in [0.717, 1.165) is 0 Å². The Balaban J connectivity index is 1.70. The highest BCUT2D eigenvalue weighted by Crippen LogP contribution is 2.19.